The van der Waals surface area contributed by atoms with Crippen molar-refractivity contribution in [3.05, 3.63) is 93.3 Å². The predicted molar refractivity (Wildman–Crippen MR) is 151 cm³/mol. The van der Waals surface area contributed by atoms with E-state index >= 15 is 0 Å². The highest BCUT2D eigenvalue weighted by molar-refractivity contribution is 8.18. The largest absolute Gasteiger partial charge is 0.493 e. The SMILES string of the molecule is COc1cc(/C=C2\SC(=Nc3ccc(Cl)cc3)N(CC(C)C)C2=O)ccc1OCc1ccc(C(=O)O)cc1. The number of carboxylic acid groups (broad SMARTS) is 1. The summed E-state index contributed by atoms with van der Waals surface area (Å²) >= 11 is 7.33. The summed E-state index contributed by atoms with van der Waals surface area (Å²) in [6.45, 7) is 4.92. The first-order chi connectivity index (χ1) is 18.2. The van der Waals surface area contributed by atoms with Crippen LogP contribution in [0.4, 0.5) is 5.69 Å². The number of carboxylic acids is 1. The van der Waals surface area contributed by atoms with Crippen LogP contribution in [0.1, 0.15) is 35.3 Å². The fourth-order valence-corrected chi connectivity index (χ4v) is 4.83. The summed E-state index contributed by atoms with van der Waals surface area (Å²) in [7, 11) is 1.55. The minimum atomic E-state index is -0.974. The number of amidine groups is 1. The van der Waals surface area contributed by atoms with Gasteiger partial charge in [-0.1, -0.05) is 43.6 Å². The molecule has 7 nitrogen and oxygen atoms in total. The Bertz CT molecular complexity index is 1390. The van der Waals surface area contributed by atoms with Gasteiger partial charge in [-0.2, -0.15) is 0 Å². The summed E-state index contributed by atoms with van der Waals surface area (Å²) in [6.07, 6.45) is 1.82. The molecule has 3 aromatic carbocycles. The number of rotatable bonds is 9. The summed E-state index contributed by atoms with van der Waals surface area (Å²) < 4.78 is 11.4. The minimum Gasteiger partial charge on any atom is -0.493 e. The molecule has 1 N–H and O–H groups in total. The molecule has 0 saturated carbocycles. The number of methoxy groups -OCH3 is 1. The number of halogens is 1. The number of thioether (sulfide) groups is 1. The second-order valence-electron chi connectivity index (χ2n) is 8.99. The lowest BCUT2D eigenvalue weighted by atomic mass is 10.1. The van der Waals surface area contributed by atoms with E-state index in [-0.39, 0.29) is 24.0 Å². The first-order valence-corrected chi connectivity index (χ1v) is 13.1. The topological polar surface area (TPSA) is 88.4 Å². The van der Waals surface area contributed by atoms with Gasteiger partial charge in [-0.3, -0.25) is 9.69 Å². The van der Waals surface area contributed by atoms with Crippen LogP contribution >= 0.6 is 23.4 Å². The van der Waals surface area contributed by atoms with Crippen LogP contribution in [0, 0.1) is 5.92 Å². The summed E-state index contributed by atoms with van der Waals surface area (Å²) in [5.74, 6) is 0.255. The molecule has 196 valence electrons. The summed E-state index contributed by atoms with van der Waals surface area (Å²) in [4.78, 5) is 31.3. The van der Waals surface area contributed by atoms with Gasteiger partial charge in [-0.05, 0) is 83.4 Å². The van der Waals surface area contributed by atoms with E-state index in [1.807, 2.05) is 30.3 Å². The van der Waals surface area contributed by atoms with E-state index in [0.29, 0.717) is 33.1 Å². The highest BCUT2D eigenvalue weighted by Gasteiger charge is 2.33. The lowest BCUT2D eigenvalue weighted by Crippen LogP contribution is -2.32. The quantitative estimate of drug-likeness (QED) is 0.292. The third-order valence-corrected chi connectivity index (χ3v) is 6.83. The molecule has 0 unspecified atom stereocenters. The first-order valence-electron chi connectivity index (χ1n) is 11.9. The number of carbonyl (C=O) groups is 2. The molecule has 1 aliphatic heterocycles. The van der Waals surface area contributed by atoms with Gasteiger partial charge in [0.15, 0.2) is 16.7 Å². The number of hydrogen-bond donors (Lipinski definition) is 1. The van der Waals surface area contributed by atoms with Crippen LogP contribution in [0.3, 0.4) is 0 Å². The van der Waals surface area contributed by atoms with Crippen molar-refractivity contribution in [3.63, 3.8) is 0 Å². The molecule has 4 rings (SSSR count). The molecule has 0 aromatic heterocycles. The number of ether oxygens (including phenoxy) is 2. The molecule has 1 heterocycles. The second-order valence-corrected chi connectivity index (χ2v) is 10.4. The third kappa shape index (κ3) is 6.76. The summed E-state index contributed by atoms with van der Waals surface area (Å²) in [6, 6.07) is 19.1. The van der Waals surface area contributed by atoms with Crippen LogP contribution in [0.25, 0.3) is 6.08 Å². The highest BCUT2D eigenvalue weighted by Crippen LogP contribution is 2.36. The zero-order chi connectivity index (χ0) is 27.2. The number of amides is 1. The summed E-state index contributed by atoms with van der Waals surface area (Å²) in [5.41, 5.74) is 2.55. The number of hydrogen-bond acceptors (Lipinski definition) is 6. The van der Waals surface area contributed by atoms with Gasteiger partial charge in [0.2, 0.25) is 0 Å². The van der Waals surface area contributed by atoms with Crippen molar-refractivity contribution >= 4 is 52.2 Å². The highest BCUT2D eigenvalue weighted by atomic mass is 35.5. The van der Waals surface area contributed by atoms with Crippen molar-refractivity contribution in [1.29, 1.82) is 0 Å². The van der Waals surface area contributed by atoms with E-state index in [0.717, 1.165) is 16.8 Å². The molecular weight excluding hydrogens is 524 g/mol. The Labute approximate surface area is 230 Å². The first kappa shape index (κ1) is 27.3. The van der Waals surface area contributed by atoms with E-state index < -0.39 is 5.97 Å². The van der Waals surface area contributed by atoms with Crippen molar-refractivity contribution in [1.82, 2.24) is 4.90 Å². The van der Waals surface area contributed by atoms with E-state index in [1.165, 1.54) is 23.9 Å². The third-order valence-electron chi connectivity index (χ3n) is 5.57. The Morgan fingerprint density at radius 3 is 2.42 bits per heavy atom. The van der Waals surface area contributed by atoms with Gasteiger partial charge in [0.05, 0.1) is 23.3 Å². The van der Waals surface area contributed by atoms with Crippen LogP contribution in [0.2, 0.25) is 5.02 Å². The smallest absolute Gasteiger partial charge is 0.335 e. The van der Waals surface area contributed by atoms with E-state index in [2.05, 4.69) is 13.8 Å². The molecule has 3 aromatic rings. The van der Waals surface area contributed by atoms with Crippen molar-refractivity contribution in [2.45, 2.75) is 20.5 Å². The maximum Gasteiger partial charge on any atom is 0.335 e. The maximum atomic E-state index is 13.3. The molecule has 9 heteroatoms. The number of carbonyl (C=O) groups excluding carboxylic acids is 1. The molecule has 1 amide bonds. The van der Waals surface area contributed by atoms with Gasteiger partial charge >= 0.3 is 5.97 Å². The number of benzene rings is 3. The molecule has 0 atom stereocenters. The van der Waals surface area contributed by atoms with E-state index in [4.69, 9.17) is 31.2 Å². The second kappa shape index (κ2) is 12.2. The predicted octanol–water partition coefficient (Wildman–Crippen LogP) is 6.89. The average Bonchev–Trinajstić information content (AvgIpc) is 3.17. The monoisotopic (exact) mass is 550 g/mol. The van der Waals surface area contributed by atoms with Crippen LogP contribution in [0.15, 0.2) is 76.6 Å². The minimum absolute atomic E-state index is 0.0967. The number of aliphatic imine (C=N–C) groups is 1. The Balaban J connectivity index is 1.54. The van der Waals surface area contributed by atoms with E-state index in [9.17, 15) is 9.59 Å². The van der Waals surface area contributed by atoms with Gasteiger partial charge in [0.25, 0.3) is 5.91 Å². The molecule has 0 aliphatic carbocycles. The average molecular weight is 551 g/mol. The van der Waals surface area contributed by atoms with Crippen LogP contribution in [-0.2, 0) is 11.4 Å². The molecule has 38 heavy (non-hydrogen) atoms. The summed E-state index contributed by atoms with van der Waals surface area (Å²) in [5, 5.41) is 10.3. The number of nitrogens with zero attached hydrogens (tertiary/aromatic N) is 2. The van der Waals surface area contributed by atoms with Crippen LogP contribution in [-0.4, -0.2) is 40.7 Å². The maximum absolute atomic E-state index is 13.3. The van der Waals surface area contributed by atoms with Crippen molar-refractivity contribution in [2.24, 2.45) is 10.9 Å². The van der Waals surface area contributed by atoms with Gasteiger partial charge < -0.3 is 14.6 Å². The molecule has 0 spiro atoms. The van der Waals surface area contributed by atoms with Gasteiger partial charge in [-0.25, -0.2) is 9.79 Å². The fraction of sp³-hybridized carbons (Fsp3) is 0.207. The Morgan fingerprint density at radius 1 is 1.08 bits per heavy atom. The van der Waals surface area contributed by atoms with E-state index in [1.54, 1.807) is 42.3 Å². The van der Waals surface area contributed by atoms with Gasteiger partial charge in [-0.15, -0.1) is 0 Å². The Kier molecular flexibility index (Phi) is 8.76. The molecule has 0 radical (unpaired) electrons. The Hall–Kier alpha value is -3.75. The van der Waals surface area contributed by atoms with Crippen molar-refractivity contribution in [2.75, 3.05) is 13.7 Å². The molecule has 1 fully saturated rings. The molecule has 1 saturated heterocycles. The van der Waals surface area contributed by atoms with Crippen molar-refractivity contribution in [3.8, 4) is 11.5 Å². The Morgan fingerprint density at radius 2 is 1.79 bits per heavy atom. The zero-order valence-electron chi connectivity index (χ0n) is 21.2. The van der Waals surface area contributed by atoms with Crippen LogP contribution < -0.4 is 9.47 Å². The van der Waals surface area contributed by atoms with Crippen LogP contribution in [0.5, 0.6) is 11.5 Å². The lowest BCUT2D eigenvalue weighted by Gasteiger charge is -2.17. The van der Waals surface area contributed by atoms with Gasteiger partial charge in [0, 0.05) is 11.6 Å². The zero-order valence-corrected chi connectivity index (χ0v) is 22.8. The molecule has 0 bridgehead atoms. The molecule has 1 aliphatic rings. The lowest BCUT2D eigenvalue weighted by molar-refractivity contribution is -0.122. The van der Waals surface area contributed by atoms with Crippen molar-refractivity contribution < 1.29 is 24.2 Å². The van der Waals surface area contributed by atoms with Gasteiger partial charge in [0.1, 0.15) is 6.61 Å². The normalized spacial score (nSPS) is 15.5. The fourth-order valence-electron chi connectivity index (χ4n) is 3.69. The standard InChI is InChI=1S/C29H27ClN2O5S/c1-18(2)16-32-27(33)26(38-29(32)31-23-11-9-22(30)10-12-23)15-20-6-13-24(25(14-20)36-3)37-17-19-4-7-21(8-5-19)28(34)35/h4-15,18H,16-17H2,1-3H3,(H,34,35)/b26-15-,31-29?. The number of aromatic carboxylic acids is 1. The molecular formula is C29H27ClN2O5S.